The molecule has 3 heteroatoms. The lowest BCUT2D eigenvalue weighted by Gasteiger charge is -2.08. The van der Waals surface area contributed by atoms with Crippen molar-refractivity contribution in [2.45, 2.75) is 33.6 Å². The molecule has 0 aliphatic heterocycles. The Kier molecular flexibility index (Phi) is 5.01. The highest BCUT2D eigenvalue weighted by molar-refractivity contribution is 5.91. The predicted octanol–water partition coefficient (Wildman–Crippen LogP) is 3.17. The summed E-state index contributed by atoms with van der Waals surface area (Å²) in [7, 11) is 0. The number of nitrogens with two attached hydrogens (primary N) is 1. The number of anilines is 1. The summed E-state index contributed by atoms with van der Waals surface area (Å²) in [6.07, 6.45) is 1.99. The number of nitrogen functional groups attached to an aromatic ring is 1. The molecule has 0 amide bonds. The molecule has 0 aliphatic rings. The molecule has 0 bridgehead atoms. The van der Waals surface area contributed by atoms with Gasteiger partial charge in [0.05, 0.1) is 12.2 Å². The molecular formula is C14H21NO2. The number of carbonyl (C=O) groups excluding carboxylic acids is 1. The molecule has 0 aromatic heterocycles. The standard InChI is InChI=1S/C14H21NO2/c1-10(2)5-4-8-17-14(16)13-7-6-12(15)9-11(13)3/h6-7,9-10H,4-5,8,15H2,1-3H3. The Morgan fingerprint density at radius 3 is 2.71 bits per heavy atom. The summed E-state index contributed by atoms with van der Waals surface area (Å²) in [5.41, 5.74) is 7.76. The number of benzene rings is 1. The van der Waals surface area contributed by atoms with Crippen molar-refractivity contribution >= 4 is 11.7 Å². The van der Waals surface area contributed by atoms with Gasteiger partial charge in [-0.2, -0.15) is 0 Å². The Hall–Kier alpha value is -1.51. The lowest BCUT2D eigenvalue weighted by molar-refractivity contribution is 0.0494. The maximum Gasteiger partial charge on any atom is 0.338 e. The second kappa shape index (κ2) is 6.28. The molecule has 0 unspecified atom stereocenters. The molecule has 1 aromatic rings. The van der Waals surface area contributed by atoms with Crippen molar-refractivity contribution in [3.63, 3.8) is 0 Å². The zero-order valence-electron chi connectivity index (χ0n) is 10.8. The molecule has 0 atom stereocenters. The fourth-order valence-corrected chi connectivity index (χ4v) is 1.65. The first-order valence-corrected chi connectivity index (χ1v) is 6.04. The summed E-state index contributed by atoms with van der Waals surface area (Å²) in [5, 5.41) is 0. The second-order valence-electron chi connectivity index (χ2n) is 4.75. The third-order valence-corrected chi connectivity index (χ3v) is 2.63. The smallest absolute Gasteiger partial charge is 0.338 e. The van der Waals surface area contributed by atoms with Crippen molar-refractivity contribution in [1.29, 1.82) is 0 Å². The molecule has 0 radical (unpaired) electrons. The maximum absolute atomic E-state index is 11.8. The van der Waals surface area contributed by atoms with Crippen LogP contribution < -0.4 is 5.73 Å². The van der Waals surface area contributed by atoms with Crippen LogP contribution in [0, 0.1) is 12.8 Å². The Morgan fingerprint density at radius 2 is 2.12 bits per heavy atom. The minimum Gasteiger partial charge on any atom is -0.462 e. The van der Waals surface area contributed by atoms with Crippen molar-refractivity contribution < 1.29 is 9.53 Å². The molecule has 0 saturated heterocycles. The van der Waals surface area contributed by atoms with Crippen molar-refractivity contribution in [2.24, 2.45) is 5.92 Å². The Labute approximate surface area is 103 Å². The summed E-state index contributed by atoms with van der Waals surface area (Å²) >= 11 is 0. The van der Waals surface area contributed by atoms with Gasteiger partial charge in [-0.25, -0.2) is 4.79 Å². The Morgan fingerprint density at radius 1 is 1.41 bits per heavy atom. The number of carbonyl (C=O) groups is 1. The number of ether oxygens (including phenoxy) is 1. The number of hydrogen-bond acceptors (Lipinski definition) is 3. The van der Waals surface area contributed by atoms with E-state index in [-0.39, 0.29) is 5.97 Å². The van der Waals surface area contributed by atoms with E-state index in [0.29, 0.717) is 23.8 Å². The average Bonchev–Trinajstić information content (AvgIpc) is 2.23. The van der Waals surface area contributed by atoms with Crippen LogP contribution in [0.1, 0.15) is 42.6 Å². The van der Waals surface area contributed by atoms with Crippen molar-refractivity contribution in [1.82, 2.24) is 0 Å². The number of rotatable bonds is 5. The normalized spacial score (nSPS) is 10.6. The lowest BCUT2D eigenvalue weighted by atomic mass is 10.1. The molecular weight excluding hydrogens is 214 g/mol. The summed E-state index contributed by atoms with van der Waals surface area (Å²) < 4.78 is 5.22. The largest absolute Gasteiger partial charge is 0.462 e. The van der Waals surface area contributed by atoms with Crippen molar-refractivity contribution in [3.8, 4) is 0 Å². The summed E-state index contributed by atoms with van der Waals surface area (Å²) in [5.74, 6) is 0.387. The van der Waals surface area contributed by atoms with Gasteiger partial charge in [-0.15, -0.1) is 0 Å². The fourth-order valence-electron chi connectivity index (χ4n) is 1.65. The zero-order chi connectivity index (χ0) is 12.8. The first-order valence-electron chi connectivity index (χ1n) is 6.04. The van der Waals surface area contributed by atoms with Crippen LogP contribution in [0.4, 0.5) is 5.69 Å². The van der Waals surface area contributed by atoms with Crippen LogP contribution >= 0.6 is 0 Å². The number of aryl methyl sites for hydroxylation is 1. The molecule has 2 N–H and O–H groups in total. The van der Waals surface area contributed by atoms with Gasteiger partial charge >= 0.3 is 5.97 Å². The summed E-state index contributed by atoms with van der Waals surface area (Å²) in [4.78, 5) is 11.8. The van der Waals surface area contributed by atoms with E-state index in [9.17, 15) is 4.79 Å². The van der Waals surface area contributed by atoms with Crippen LogP contribution in [0.25, 0.3) is 0 Å². The molecule has 17 heavy (non-hydrogen) atoms. The Bertz CT molecular complexity index is 386. The van der Waals surface area contributed by atoms with Gasteiger partial charge in [0, 0.05) is 5.69 Å². The monoisotopic (exact) mass is 235 g/mol. The summed E-state index contributed by atoms with van der Waals surface area (Å²) in [6.45, 7) is 6.67. The first-order chi connectivity index (χ1) is 8.00. The molecule has 0 fully saturated rings. The molecule has 0 spiro atoms. The molecule has 3 nitrogen and oxygen atoms in total. The van der Waals surface area contributed by atoms with Crippen LogP contribution in [0.5, 0.6) is 0 Å². The van der Waals surface area contributed by atoms with E-state index in [1.807, 2.05) is 6.92 Å². The van der Waals surface area contributed by atoms with E-state index in [2.05, 4.69) is 13.8 Å². The number of hydrogen-bond donors (Lipinski definition) is 1. The third-order valence-electron chi connectivity index (χ3n) is 2.63. The Balaban J connectivity index is 2.47. The van der Waals surface area contributed by atoms with Crippen LogP contribution in [0.3, 0.4) is 0 Å². The van der Waals surface area contributed by atoms with Crippen molar-refractivity contribution in [2.75, 3.05) is 12.3 Å². The van der Waals surface area contributed by atoms with E-state index in [1.54, 1.807) is 18.2 Å². The molecule has 1 rings (SSSR count). The van der Waals surface area contributed by atoms with Gasteiger partial charge in [0.2, 0.25) is 0 Å². The molecule has 1 aromatic carbocycles. The highest BCUT2D eigenvalue weighted by atomic mass is 16.5. The van der Waals surface area contributed by atoms with Gasteiger partial charge in [-0.3, -0.25) is 0 Å². The van der Waals surface area contributed by atoms with Gasteiger partial charge in [-0.05, 0) is 49.4 Å². The quantitative estimate of drug-likeness (QED) is 0.484. The molecule has 94 valence electrons. The van der Waals surface area contributed by atoms with Gasteiger partial charge in [-0.1, -0.05) is 13.8 Å². The molecule has 0 saturated carbocycles. The predicted molar refractivity (Wildman–Crippen MR) is 69.9 cm³/mol. The maximum atomic E-state index is 11.8. The van der Waals surface area contributed by atoms with E-state index < -0.39 is 0 Å². The van der Waals surface area contributed by atoms with Gasteiger partial charge < -0.3 is 10.5 Å². The van der Waals surface area contributed by atoms with E-state index in [4.69, 9.17) is 10.5 Å². The van der Waals surface area contributed by atoms with Crippen LogP contribution in [-0.2, 0) is 4.74 Å². The number of esters is 1. The van der Waals surface area contributed by atoms with E-state index in [1.165, 1.54) is 0 Å². The van der Waals surface area contributed by atoms with Crippen LogP contribution in [0.2, 0.25) is 0 Å². The topological polar surface area (TPSA) is 52.3 Å². The first kappa shape index (κ1) is 13.6. The van der Waals surface area contributed by atoms with E-state index in [0.717, 1.165) is 18.4 Å². The minimum absolute atomic E-state index is 0.258. The third kappa shape index (κ3) is 4.47. The summed E-state index contributed by atoms with van der Waals surface area (Å²) in [6, 6.07) is 5.22. The van der Waals surface area contributed by atoms with Crippen molar-refractivity contribution in [3.05, 3.63) is 29.3 Å². The van der Waals surface area contributed by atoms with Gasteiger partial charge in [0.25, 0.3) is 0 Å². The second-order valence-corrected chi connectivity index (χ2v) is 4.75. The van der Waals surface area contributed by atoms with Crippen LogP contribution in [-0.4, -0.2) is 12.6 Å². The fraction of sp³-hybridized carbons (Fsp3) is 0.500. The minimum atomic E-state index is -0.258. The molecule has 0 heterocycles. The van der Waals surface area contributed by atoms with Crippen LogP contribution in [0.15, 0.2) is 18.2 Å². The SMILES string of the molecule is Cc1cc(N)ccc1C(=O)OCCCC(C)C. The van der Waals surface area contributed by atoms with E-state index >= 15 is 0 Å². The van der Waals surface area contributed by atoms with Gasteiger partial charge in [0.1, 0.15) is 0 Å². The highest BCUT2D eigenvalue weighted by Crippen LogP contribution is 2.14. The average molecular weight is 235 g/mol. The highest BCUT2D eigenvalue weighted by Gasteiger charge is 2.10. The lowest BCUT2D eigenvalue weighted by Crippen LogP contribution is -2.09. The molecule has 0 aliphatic carbocycles. The zero-order valence-corrected chi connectivity index (χ0v) is 10.8. The van der Waals surface area contributed by atoms with Gasteiger partial charge in [0.15, 0.2) is 0 Å².